The Kier molecular flexibility index (Phi) is 4.93. The molecular weight excluding hydrogens is 352 g/mol. The molecule has 0 amide bonds. The average molecular weight is 366 g/mol. The Labute approximate surface area is 143 Å². The van der Waals surface area contributed by atoms with Gasteiger partial charge in [0.25, 0.3) is 10.0 Å². The largest absolute Gasteiger partial charge is 0.490 e. The number of hydrogen-bond donors (Lipinski definition) is 2. The third-order valence-electron chi connectivity index (χ3n) is 3.39. The van der Waals surface area contributed by atoms with Crippen LogP contribution in [0.3, 0.4) is 0 Å². The van der Waals surface area contributed by atoms with Gasteiger partial charge in [-0.25, -0.2) is 13.2 Å². The van der Waals surface area contributed by atoms with Gasteiger partial charge in [0.15, 0.2) is 5.75 Å². The number of nitro benzene ring substituents is 1. The number of nitrogens with one attached hydrogen (secondary N) is 1. The molecule has 0 spiro atoms. The summed E-state index contributed by atoms with van der Waals surface area (Å²) in [5.74, 6) is -1.28. The number of nitrogens with zero attached hydrogens (tertiary/aromatic N) is 1. The minimum atomic E-state index is -4.16. The lowest BCUT2D eigenvalue weighted by Crippen LogP contribution is -2.14. The van der Waals surface area contributed by atoms with Gasteiger partial charge < -0.3 is 9.84 Å². The summed E-state index contributed by atoms with van der Waals surface area (Å²) in [4.78, 5) is 21.0. The Balaban J connectivity index is 2.47. The maximum atomic E-state index is 12.5. The first-order valence-electron chi connectivity index (χ1n) is 6.85. The van der Waals surface area contributed by atoms with Crippen molar-refractivity contribution in [3.05, 3.63) is 57.6 Å². The zero-order chi connectivity index (χ0) is 18.8. The van der Waals surface area contributed by atoms with Gasteiger partial charge in [-0.05, 0) is 36.8 Å². The first kappa shape index (κ1) is 18.2. The Morgan fingerprint density at radius 3 is 2.48 bits per heavy atom. The predicted molar refractivity (Wildman–Crippen MR) is 88.6 cm³/mol. The summed E-state index contributed by atoms with van der Waals surface area (Å²) in [5, 5.41) is 20.0. The van der Waals surface area contributed by atoms with Crippen molar-refractivity contribution in [1.29, 1.82) is 0 Å². The Bertz CT molecular complexity index is 954. The molecule has 2 N–H and O–H groups in total. The summed E-state index contributed by atoms with van der Waals surface area (Å²) >= 11 is 0. The SMILES string of the molecule is COc1ccc(S(=O)(=O)Nc2cc(C(=O)O)ccc2C)cc1[N+](=O)[O-]. The average Bonchev–Trinajstić information content (AvgIpc) is 2.55. The van der Waals surface area contributed by atoms with Crippen LogP contribution in [0.15, 0.2) is 41.3 Å². The van der Waals surface area contributed by atoms with Crippen LogP contribution in [0.25, 0.3) is 0 Å². The van der Waals surface area contributed by atoms with Gasteiger partial charge in [-0.15, -0.1) is 0 Å². The van der Waals surface area contributed by atoms with E-state index in [0.717, 1.165) is 12.1 Å². The van der Waals surface area contributed by atoms with Crippen molar-refractivity contribution in [2.45, 2.75) is 11.8 Å². The van der Waals surface area contributed by atoms with Crippen molar-refractivity contribution in [2.75, 3.05) is 11.8 Å². The number of ether oxygens (including phenoxy) is 1. The second kappa shape index (κ2) is 6.77. The fourth-order valence-corrected chi connectivity index (χ4v) is 3.19. The molecule has 0 radical (unpaired) electrons. The van der Waals surface area contributed by atoms with Crippen molar-refractivity contribution >= 4 is 27.4 Å². The van der Waals surface area contributed by atoms with Crippen LogP contribution in [-0.2, 0) is 10.0 Å². The zero-order valence-electron chi connectivity index (χ0n) is 13.2. The second-order valence-corrected chi connectivity index (χ2v) is 6.71. The molecule has 132 valence electrons. The number of carboxylic acid groups (broad SMARTS) is 1. The van der Waals surface area contributed by atoms with E-state index in [4.69, 9.17) is 9.84 Å². The van der Waals surface area contributed by atoms with Gasteiger partial charge in [0.2, 0.25) is 0 Å². The number of aromatic carboxylic acids is 1. The number of methoxy groups -OCH3 is 1. The number of rotatable bonds is 6. The molecule has 2 rings (SSSR count). The number of carbonyl (C=O) groups is 1. The monoisotopic (exact) mass is 366 g/mol. The molecule has 0 fully saturated rings. The molecular formula is C15H14N2O7S. The number of sulfonamides is 1. The minimum Gasteiger partial charge on any atom is -0.490 e. The maximum Gasteiger partial charge on any atom is 0.335 e. The summed E-state index contributed by atoms with van der Waals surface area (Å²) in [6.07, 6.45) is 0. The van der Waals surface area contributed by atoms with E-state index in [2.05, 4.69) is 4.72 Å². The third kappa shape index (κ3) is 3.86. The fraction of sp³-hybridized carbons (Fsp3) is 0.133. The third-order valence-corrected chi connectivity index (χ3v) is 4.75. The van der Waals surface area contributed by atoms with Crippen molar-refractivity contribution in [3.8, 4) is 5.75 Å². The van der Waals surface area contributed by atoms with E-state index in [1.807, 2.05) is 0 Å². The summed E-state index contributed by atoms with van der Waals surface area (Å²) < 4.78 is 32.1. The number of nitro groups is 1. The van der Waals surface area contributed by atoms with E-state index >= 15 is 0 Å². The molecule has 0 aliphatic carbocycles. The van der Waals surface area contributed by atoms with E-state index in [0.29, 0.717) is 5.56 Å². The molecule has 0 saturated carbocycles. The molecule has 0 saturated heterocycles. The smallest absolute Gasteiger partial charge is 0.335 e. The molecule has 25 heavy (non-hydrogen) atoms. The molecule has 2 aromatic carbocycles. The van der Waals surface area contributed by atoms with E-state index in [1.165, 1.54) is 31.4 Å². The van der Waals surface area contributed by atoms with Crippen molar-refractivity contribution < 1.29 is 28.0 Å². The van der Waals surface area contributed by atoms with E-state index in [9.17, 15) is 23.3 Å². The lowest BCUT2D eigenvalue weighted by molar-refractivity contribution is -0.386. The topological polar surface area (TPSA) is 136 Å². The molecule has 9 nitrogen and oxygen atoms in total. The first-order valence-corrected chi connectivity index (χ1v) is 8.33. The van der Waals surface area contributed by atoms with E-state index in [1.54, 1.807) is 6.92 Å². The molecule has 0 aliphatic heterocycles. The molecule has 0 aliphatic rings. The quantitative estimate of drug-likeness (QED) is 0.592. The highest BCUT2D eigenvalue weighted by Gasteiger charge is 2.23. The maximum absolute atomic E-state index is 12.5. The summed E-state index contributed by atoms with van der Waals surface area (Å²) in [6, 6.07) is 7.17. The van der Waals surface area contributed by atoms with Gasteiger partial charge in [-0.1, -0.05) is 6.07 Å². The fourth-order valence-electron chi connectivity index (χ4n) is 2.05. The molecule has 0 heterocycles. The van der Waals surface area contributed by atoms with Gasteiger partial charge in [-0.3, -0.25) is 14.8 Å². The van der Waals surface area contributed by atoms with Crippen LogP contribution in [0, 0.1) is 17.0 Å². The molecule has 0 bridgehead atoms. The highest BCUT2D eigenvalue weighted by Crippen LogP contribution is 2.30. The van der Waals surface area contributed by atoms with Crippen LogP contribution in [0.1, 0.15) is 15.9 Å². The Morgan fingerprint density at radius 1 is 1.24 bits per heavy atom. The van der Waals surface area contributed by atoms with Crippen molar-refractivity contribution in [2.24, 2.45) is 0 Å². The van der Waals surface area contributed by atoms with Crippen LogP contribution < -0.4 is 9.46 Å². The first-order chi connectivity index (χ1) is 11.7. The number of aryl methyl sites for hydroxylation is 1. The molecule has 0 aromatic heterocycles. The van der Waals surface area contributed by atoms with Gasteiger partial charge >= 0.3 is 11.7 Å². The highest BCUT2D eigenvalue weighted by atomic mass is 32.2. The summed E-state index contributed by atoms with van der Waals surface area (Å²) in [5.41, 5.74) is -0.0275. The Morgan fingerprint density at radius 2 is 1.92 bits per heavy atom. The standard InChI is InChI=1S/C15H14N2O7S/c1-9-3-4-10(15(18)19)7-12(9)16-25(22,23)11-5-6-14(24-2)13(8-11)17(20)21/h3-8,16H,1-2H3,(H,18,19). The van der Waals surface area contributed by atoms with Crippen molar-refractivity contribution in [3.63, 3.8) is 0 Å². The normalized spacial score (nSPS) is 11.0. The van der Waals surface area contributed by atoms with Gasteiger partial charge in [0, 0.05) is 6.07 Å². The zero-order valence-corrected chi connectivity index (χ0v) is 14.0. The van der Waals surface area contributed by atoms with Crippen LogP contribution in [0.2, 0.25) is 0 Å². The van der Waals surface area contributed by atoms with E-state index < -0.39 is 26.6 Å². The van der Waals surface area contributed by atoms with E-state index in [-0.39, 0.29) is 21.9 Å². The lowest BCUT2D eigenvalue weighted by atomic mass is 10.1. The van der Waals surface area contributed by atoms with Crippen LogP contribution in [-0.4, -0.2) is 31.5 Å². The van der Waals surface area contributed by atoms with Crippen LogP contribution in [0.5, 0.6) is 5.75 Å². The number of anilines is 1. The second-order valence-electron chi connectivity index (χ2n) is 5.03. The molecule has 10 heteroatoms. The summed E-state index contributed by atoms with van der Waals surface area (Å²) in [6.45, 7) is 1.60. The molecule has 2 aromatic rings. The van der Waals surface area contributed by atoms with Gasteiger partial charge in [0.1, 0.15) is 0 Å². The number of hydrogen-bond acceptors (Lipinski definition) is 6. The van der Waals surface area contributed by atoms with Gasteiger partial charge in [0.05, 0.1) is 28.2 Å². The highest BCUT2D eigenvalue weighted by molar-refractivity contribution is 7.92. The molecule has 0 unspecified atom stereocenters. The number of benzene rings is 2. The predicted octanol–water partition coefficient (Wildman–Crippen LogP) is 2.41. The van der Waals surface area contributed by atoms with Crippen LogP contribution in [0.4, 0.5) is 11.4 Å². The van der Waals surface area contributed by atoms with Crippen LogP contribution >= 0.6 is 0 Å². The Hall–Kier alpha value is -3.14. The number of carboxylic acids is 1. The molecule has 0 atom stereocenters. The van der Waals surface area contributed by atoms with Crippen molar-refractivity contribution in [1.82, 2.24) is 0 Å². The minimum absolute atomic E-state index is 0.0679. The van der Waals surface area contributed by atoms with Gasteiger partial charge in [-0.2, -0.15) is 0 Å². The summed E-state index contributed by atoms with van der Waals surface area (Å²) in [7, 11) is -2.93. The lowest BCUT2D eigenvalue weighted by Gasteiger charge is -2.12.